The summed E-state index contributed by atoms with van der Waals surface area (Å²) in [5.74, 6) is 0.301. The zero-order chi connectivity index (χ0) is 15.7. The fourth-order valence-electron chi connectivity index (χ4n) is 2.13. The fraction of sp³-hybridized carbons (Fsp3) is 0.0588. The number of benzene rings is 3. The lowest BCUT2D eigenvalue weighted by molar-refractivity contribution is 0.486. The van der Waals surface area contributed by atoms with Crippen molar-refractivity contribution in [1.82, 2.24) is 0 Å². The summed E-state index contributed by atoms with van der Waals surface area (Å²) in [7, 11) is -3.82. The van der Waals surface area contributed by atoms with Crippen LogP contribution in [0.25, 0.3) is 10.8 Å². The molecule has 0 atom stereocenters. The highest BCUT2D eigenvalue weighted by Crippen LogP contribution is 2.26. The van der Waals surface area contributed by atoms with Crippen LogP contribution in [-0.4, -0.2) is 8.42 Å². The highest BCUT2D eigenvalue weighted by molar-refractivity contribution is 9.10. The molecular formula is C17H13BrO3S. The van der Waals surface area contributed by atoms with Gasteiger partial charge in [-0.05, 0) is 54.1 Å². The van der Waals surface area contributed by atoms with Crippen LogP contribution in [0.2, 0.25) is 0 Å². The maximum absolute atomic E-state index is 12.3. The Balaban J connectivity index is 1.95. The van der Waals surface area contributed by atoms with Gasteiger partial charge in [0.2, 0.25) is 0 Å². The summed E-state index contributed by atoms with van der Waals surface area (Å²) in [6, 6.07) is 17.6. The molecule has 3 aromatic rings. The molecule has 0 unspecified atom stereocenters. The Morgan fingerprint density at radius 2 is 1.50 bits per heavy atom. The third-order valence-electron chi connectivity index (χ3n) is 3.29. The quantitative estimate of drug-likeness (QED) is 0.623. The van der Waals surface area contributed by atoms with Crippen molar-refractivity contribution in [2.24, 2.45) is 0 Å². The number of hydrogen-bond donors (Lipinski definition) is 0. The van der Waals surface area contributed by atoms with E-state index in [1.165, 1.54) is 0 Å². The van der Waals surface area contributed by atoms with E-state index in [2.05, 4.69) is 15.9 Å². The minimum absolute atomic E-state index is 0.147. The molecule has 0 N–H and O–H groups in total. The van der Waals surface area contributed by atoms with Gasteiger partial charge in [-0.2, -0.15) is 8.42 Å². The van der Waals surface area contributed by atoms with Gasteiger partial charge in [0, 0.05) is 4.47 Å². The predicted molar refractivity (Wildman–Crippen MR) is 90.6 cm³/mol. The Morgan fingerprint density at radius 3 is 2.23 bits per heavy atom. The maximum atomic E-state index is 12.3. The minimum atomic E-state index is -3.82. The molecule has 0 heterocycles. The van der Waals surface area contributed by atoms with Crippen LogP contribution >= 0.6 is 15.9 Å². The van der Waals surface area contributed by atoms with E-state index >= 15 is 0 Å². The van der Waals surface area contributed by atoms with E-state index in [-0.39, 0.29) is 4.90 Å². The van der Waals surface area contributed by atoms with E-state index in [1.54, 1.807) is 36.4 Å². The standard InChI is InChI=1S/C17H13BrO3S/c1-12-2-8-17(9-3-12)22(19,20)21-16-7-5-13-10-15(18)6-4-14(13)11-16/h2-11H,1H3. The number of aryl methyl sites for hydroxylation is 1. The van der Waals surface area contributed by atoms with Crippen molar-refractivity contribution in [2.75, 3.05) is 0 Å². The minimum Gasteiger partial charge on any atom is -0.379 e. The summed E-state index contributed by atoms with van der Waals surface area (Å²) in [5, 5.41) is 1.93. The van der Waals surface area contributed by atoms with Gasteiger partial charge >= 0.3 is 10.1 Å². The van der Waals surface area contributed by atoms with Crippen LogP contribution in [-0.2, 0) is 10.1 Å². The largest absolute Gasteiger partial charge is 0.379 e. The lowest BCUT2D eigenvalue weighted by atomic mass is 10.1. The van der Waals surface area contributed by atoms with E-state index in [9.17, 15) is 8.42 Å². The second kappa shape index (κ2) is 5.74. The summed E-state index contributed by atoms with van der Waals surface area (Å²) in [6.07, 6.45) is 0. The Labute approximate surface area is 137 Å². The average molecular weight is 377 g/mol. The molecule has 5 heteroatoms. The van der Waals surface area contributed by atoms with Crippen LogP contribution in [0.5, 0.6) is 5.75 Å². The molecule has 112 valence electrons. The number of hydrogen-bond acceptors (Lipinski definition) is 3. The highest BCUT2D eigenvalue weighted by atomic mass is 79.9. The molecule has 0 aromatic heterocycles. The van der Waals surface area contributed by atoms with Gasteiger partial charge in [0.25, 0.3) is 0 Å². The molecule has 3 aromatic carbocycles. The van der Waals surface area contributed by atoms with Gasteiger partial charge in [0.15, 0.2) is 0 Å². The SMILES string of the molecule is Cc1ccc(S(=O)(=O)Oc2ccc3cc(Br)ccc3c2)cc1. The smallest absolute Gasteiger partial charge is 0.339 e. The van der Waals surface area contributed by atoms with Gasteiger partial charge in [0.05, 0.1) is 0 Å². The average Bonchev–Trinajstić information content (AvgIpc) is 2.47. The molecule has 0 spiro atoms. The maximum Gasteiger partial charge on any atom is 0.339 e. The second-order valence-electron chi connectivity index (χ2n) is 5.00. The Morgan fingerprint density at radius 1 is 0.864 bits per heavy atom. The number of fused-ring (bicyclic) bond motifs is 1. The van der Waals surface area contributed by atoms with Crippen molar-refractivity contribution >= 4 is 36.8 Å². The van der Waals surface area contributed by atoms with Crippen molar-refractivity contribution in [3.63, 3.8) is 0 Å². The molecule has 0 aliphatic heterocycles. The van der Waals surface area contributed by atoms with E-state index in [0.29, 0.717) is 5.75 Å². The third-order valence-corrected chi connectivity index (χ3v) is 5.04. The molecule has 0 aliphatic carbocycles. The van der Waals surface area contributed by atoms with E-state index < -0.39 is 10.1 Å². The number of halogens is 1. The van der Waals surface area contributed by atoms with Crippen molar-refractivity contribution in [2.45, 2.75) is 11.8 Å². The Kier molecular flexibility index (Phi) is 3.93. The first kappa shape index (κ1) is 15.1. The van der Waals surface area contributed by atoms with Gasteiger partial charge in [-0.15, -0.1) is 0 Å². The molecule has 3 rings (SSSR count). The first-order valence-electron chi connectivity index (χ1n) is 6.64. The molecule has 22 heavy (non-hydrogen) atoms. The zero-order valence-corrected chi connectivity index (χ0v) is 14.2. The Hall–Kier alpha value is -1.85. The van der Waals surface area contributed by atoms with Crippen LogP contribution in [0.1, 0.15) is 5.56 Å². The molecule has 0 saturated heterocycles. The first-order chi connectivity index (χ1) is 10.4. The molecule has 0 fully saturated rings. The fourth-order valence-corrected chi connectivity index (χ4v) is 3.43. The summed E-state index contributed by atoms with van der Waals surface area (Å²) < 4.78 is 30.7. The molecule has 0 saturated carbocycles. The summed E-state index contributed by atoms with van der Waals surface area (Å²) in [4.78, 5) is 0.147. The van der Waals surface area contributed by atoms with Crippen molar-refractivity contribution in [3.8, 4) is 5.75 Å². The van der Waals surface area contributed by atoms with Crippen LogP contribution < -0.4 is 4.18 Å². The van der Waals surface area contributed by atoms with Gasteiger partial charge in [-0.3, -0.25) is 0 Å². The summed E-state index contributed by atoms with van der Waals surface area (Å²) >= 11 is 3.41. The molecule has 0 radical (unpaired) electrons. The van der Waals surface area contributed by atoms with Gasteiger partial charge in [-0.25, -0.2) is 0 Å². The van der Waals surface area contributed by atoms with E-state index in [4.69, 9.17) is 4.18 Å². The lowest BCUT2D eigenvalue weighted by Gasteiger charge is -2.08. The van der Waals surface area contributed by atoms with Crippen LogP contribution in [0, 0.1) is 6.92 Å². The topological polar surface area (TPSA) is 43.4 Å². The predicted octanol–water partition coefficient (Wildman–Crippen LogP) is 4.68. The van der Waals surface area contributed by atoms with Crippen molar-refractivity contribution in [3.05, 3.63) is 70.7 Å². The normalized spacial score (nSPS) is 11.5. The molecular weight excluding hydrogens is 364 g/mol. The van der Waals surface area contributed by atoms with Crippen LogP contribution in [0.15, 0.2) is 70.0 Å². The van der Waals surface area contributed by atoms with Crippen molar-refractivity contribution in [1.29, 1.82) is 0 Å². The lowest BCUT2D eigenvalue weighted by Crippen LogP contribution is -2.09. The molecule has 0 aliphatic rings. The van der Waals surface area contributed by atoms with E-state index in [0.717, 1.165) is 20.8 Å². The Bertz CT molecular complexity index is 932. The monoisotopic (exact) mass is 376 g/mol. The van der Waals surface area contributed by atoms with Crippen molar-refractivity contribution < 1.29 is 12.6 Å². The zero-order valence-electron chi connectivity index (χ0n) is 11.8. The van der Waals surface area contributed by atoms with Gasteiger partial charge in [-0.1, -0.05) is 45.8 Å². The van der Waals surface area contributed by atoms with Crippen LogP contribution in [0.4, 0.5) is 0 Å². The highest BCUT2D eigenvalue weighted by Gasteiger charge is 2.16. The van der Waals surface area contributed by atoms with Gasteiger partial charge < -0.3 is 4.18 Å². The third kappa shape index (κ3) is 3.15. The summed E-state index contributed by atoms with van der Waals surface area (Å²) in [5.41, 5.74) is 0.996. The molecule has 3 nitrogen and oxygen atoms in total. The number of rotatable bonds is 3. The second-order valence-corrected chi connectivity index (χ2v) is 7.47. The first-order valence-corrected chi connectivity index (χ1v) is 8.85. The summed E-state index contributed by atoms with van der Waals surface area (Å²) in [6.45, 7) is 1.90. The van der Waals surface area contributed by atoms with Gasteiger partial charge in [0.1, 0.15) is 10.6 Å². The van der Waals surface area contributed by atoms with E-state index in [1.807, 2.05) is 31.2 Å². The molecule has 0 bridgehead atoms. The van der Waals surface area contributed by atoms with Crippen LogP contribution in [0.3, 0.4) is 0 Å². The molecule has 0 amide bonds.